The summed E-state index contributed by atoms with van der Waals surface area (Å²) in [6, 6.07) is 12.8. The highest BCUT2D eigenvalue weighted by atomic mass is 35.5. The molecule has 0 radical (unpaired) electrons. The van der Waals surface area contributed by atoms with Crippen molar-refractivity contribution < 1.29 is 14.3 Å². The molecule has 1 aliphatic heterocycles. The highest BCUT2D eigenvalue weighted by molar-refractivity contribution is 6.31. The molecule has 104 valence electrons. The lowest BCUT2D eigenvalue weighted by molar-refractivity contribution is -0.130. The van der Waals surface area contributed by atoms with Gasteiger partial charge in [-0.1, -0.05) is 30.3 Å². The maximum Gasteiger partial charge on any atom is 0.335 e. The van der Waals surface area contributed by atoms with Crippen molar-refractivity contribution >= 4 is 23.1 Å². The summed E-state index contributed by atoms with van der Waals surface area (Å²) >= 11 is 6.03. The van der Waals surface area contributed by atoms with Crippen LogP contribution < -0.4 is 0 Å². The molecule has 0 atom stereocenters. The number of carboxylic acids is 1. The van der Waals surface area contributed by atoms with Gasteiger partial charge in [-0.3, -0.25) is 0 Å². The van der Waals surface area contributed by atoms with Crippen LogP contribution in [0.3, 0.4) is 0 Å². The molecule has 1 aliphatic carbocycles. The van der Waals surface area contributed by atoms with Gasteiger partial charge >= 0.3 is 5.97 Å². The Morgan fingerprint density at radius 2 is 1.95 bits per heavy atom. The van der Waals surface area contributed by atoms with Gasteiger partial charge in [-0.05, 0) is 41.5 Å². The molecule has 0 amide bonds. The van der Waals surface area contributed by atoms with Gasteiger partial charge in [0.25, 0.3) is 0 Å². The van der Waals surface area contributed by atoms with Gasteiger partial charge in [0.2, 0.25) is 0 Å². The molecule has 1 N–H and O–H groups in total. The summed E-state index contributed by atoms with van der Waals surface area (Å²) < 4.78 is 5.49. The number of rotatable bonds is 3. The summed E-state index contributed by atoms with van der Waals surface area (Å²) in [5.41, 5.74) is 3.08. The van der Waals surface area contributed by atoms with E-state index in [1.54, 1.807) is 18.2 Å². The molecular formula is C17H11ClO3. The Bertz CT molecular complexity index is 817. The number of benzene rings is 1. The van der Waals surface area contributed by atoms with E-state index < -0.39 is 5.97 Å². The topological polar surface area (TPSA) is 50.4 Å². The van der Waals surface area contributed by atoms with Crippen molar-refractivity contribution in [1.82, 2.24) is 0 Å². The van der Waals surface area contributed by atoms with Crippen molar-refractivity contribution in [3.05, 3.63) is 65.9 Å². The van der Waals surface area contributed by atoms with Crippen LogP contribution in [-0.2, 0) is 4.79 Å². The highest BCUT2D eigenvalue weighted by Crippen LogP contribution is 2.41. The summed E-state index contributed by atoms with van der Waals surface area (Å²) in [5.74, 6) is -0.557. The first-order valence-corrected chi connectivity index (χ1v) is 6.64. The molecule has 0 aromatic heterocycles. The zero-order chi connectivity index (χ0) is 15.0. The second-order valence-electron chi connectivity index (χ2n) is 4.62. The number of carboxylic acid groups (broad SMARTS) is 1. The predicted octanol–water partition coefficient (Wildman–Crippen LogP) is 4.80. The highest BCUT2D eigenvalue weighted by Gasteiger charge is 2.23. The van der Waals surface area contributed by atoms with E-state index in [2.05, 4.69) is 6.58 Å². The maximum atomic E-state index is 11.2. The van der Waals surface area contributed by atoms with Gasteiger partial charge in [0.1, 0.15) is 5.76 Å². The van der Waals surface area contributed by atoms with Gasteiger partial charge < -0.3 is 9.52 Å². The van der Waals surface area contributed by atoms with Crippen molar-refractivity contribution in [2.45, 2.75) is 0 Å². The first-order chi connectivity index (χ1) is 10.1. The van der Waals surface area contributed by atoms with E-state index in [9.17, 15) is 4.79 Å². The van der Waals surface area contributed by atoms with Crippen LogP contribution in [-0.4, -0.2) is 11.1 Å². The normalized spacial score (nSPS) is 10.7. The van der Waals surface area contributed by atoms with E-state index in [-0.39, 0.29) is 5.57 Å². The standard InChI is InChI=1S/C17H11ClO3/c1-10(17(19)20)14-9-15(11-4-2-5-12(18)8-11)13-6-3-7-21-16(13)14/h2-9H,1H2,(H,19,20). The van der Waals surface area contributed by atoms with Crippen molar-refractivity contribution in [2.24, 2.45) is 0 Å². The molecule has 3 rings (SSSR count). The third-order valence-electron chi connectivity index (χ3n) is 3.31. The summed E-state index contributed by atoms with van der Waals surface area (Å²) in [6.07, 6.45) is 1.52. The fourth-order valence-electron chi connectivity index (χ4n) is 2.32. The quantitative estimate of drug-likeness (QED) is 0.706. The SMILES string of the molecule is C=C(C(=O)O)c1cc(-c2cccc(Cl)c2)c2cccoc1-2. The van der Waals surface area contributed by atoms with Crippen LogP contribution in [0.15, 0.2) is 59.7 Å². The van der Waals surface area contributed by atoms with Gasteiger partial charge in [-0.25, -0.2) is 4.79 Å². The lowest BCUT2D eigenvalue weighted by atomic mass is 10.0. The van der Waals surface area contributed by atoms with Crippen molar-refractivity contribution in [2.75, 3.05) is 0 Å². The summed E-state index contributed by atoms with van der Waals surface area (Å²) in [7, 11) is 0. The average molecular weight is 299 g/mol. The van der Waals surface area contributed by atoms with Crippen LogP contribution in [0, 0.1) is 0 Å². The molecule has 3 nitrogen and oxygen atoms in total. The minimum atomic E-state index is -1.07. The van der Waals surface area contributed by atoms with E-state index in [0.29, 0.717) is 16.3 Å². The Hall–Kier alpha value is -2.52. The van der Waals surface area contributed by atoms with Crippen LogP contribution in [0.5, 0.6) is 0 Å². The third-order valence-corrected chi connectivity index (χ3v) is 3.55. The zero-order valence-corrected chi connectivity index (χ0v) is 11.7. The van der Waals surface area contributed by atoms with Crippen molar-refractivity contribution in [3.8, 4) is 22.5 Å². The number of fused-ring (bicyclic) bond motifs is 1. The summed E-state index contributed by atoms with van der Waals surface area (Å²) in [6.45, 7) is 3.61. The largest absolute Gasteiger partial charge is 0.478 e. The first kappa shape index (κ1) is 13.5. The van der Waals surface area contributed by atoms with E-state index in [0.717, 1.165) is 16.7 Å². The summed E-state index contributed by atoms with van der Waals surface area (Å²) in [4.78, 5) is 11.2. The Kier molecular flexibility index (Phi) is 3.28. The van der Waals surface area contributed by atoms with Crippen LogP contribution in [0.2, 0.25) is 5.02 Å². The molecule has 1 aromatic carbocycles. The molecular weight excluding hydrogens is 288 g/mol. The Morgan fingerprint density at radius 1 is 1.14 bits per heavy atom. The summed E-state index contributed by atoms with van der Waals surface area (Å²) in [5, 5.41) is 9.78. The third kappa shape index (κ3) is 2.32. The number of halogens is 1. The Labute approximate surface area is 126 Å². The molecule has 0 saturated carbocycles. The maximum absolute atomic E-state index is 11.2. The Balaban J connectivity index is 2.25. The number of hydrogen-bond acceptors (Lipinski definition) is 2. The molecule has 1 aromatic rings. The van der Waals surface area contributed by atoms with Gasteiger partial charge in [0, 0.05) is 16.1 Å². The molecule has 1 heterocycles. The van der Waals surface area contributed by atoms with Gasteiger partial charge in [0.05, 0.1) is 11.8 Å². The lowest BCUT2D eigenvalue weighted by Gasteiger charge is -2.04. The minimum Gasteiger partial charge on any atom is -0.478 e. The smallest absolute Gasteiger partial charge is 0.335 e. The molecule has 4 heteroatoms. The van der Waals surface area contributed by atoms with Crippen molar-refractivity contribution in [3.63, 3.8) is 0 Å². The van der Waals surface area contributed by atoms with E-state index >= 15 is 0 Å². The number of carbonyl (C=O) groups is 1. The second kappa shape index (κ2) is 5.11. The number of aliphatic carboxylic acids is 1. The van der Waals surface area contributed by atoms with E-state index in [4.69, 9.17) is 21.1 Å². The van der Waals surface area contributed by atoms with Crippen LogP contribution >= 0.6 is 11.6 Å². The minimum absolute atomic E-state index is 0.00299. The Morgan fingerprint density at radius 3 is 2.67 bits per heavy atom. The van der Waals surface area contributed by atoms with Gasteiger partial charge in [-0.2, -0.15) is 0 Å². The fourth-order valence-corrected chi connectivity index (χ4v) is 2.51. The lowest BCUT2D eigenvalue weighted by Crippen LogP contribution is -1.97. The van der Waals surface area contributed by atoms with Gasteiger partial charge in [0.15, 0.2) is 0 Å². The number of hydrogen-bond donors (Lipinski definition) is 1. The van der Waals surface area contributed by atoms with Gasteiger partial charge in [-0.15, -0.1) is 0 Å². The molecule has 0 unspecified atom stereocenters. The molecule has 0 saturated heterocycles. The zero-order valence-electron chi connectivity index (χ0n) is 11.0. The van der Waals surface area contributed by atoms with Crippen LogP contribution in [0.25, 0.3) is 28.0 Å². The van der Waals surface area contributed by atoms with Crippen LogP contribution in [0.1, 0.15) is 5.56 Å². The molecule has 0 fully saturated rings. The second-order valence-corrected chi connectivity index (χ2v) is 5.06. The van der Waals surface area contributed by atoms with E-state index in [1.807, 2.05) is 24.3 Å². The first-order valence-electron chi connectivity index (χ1n) is 6.26. The van der Waals surface area contributed by atoms with E-state index in [1.165, 1.54) is 6.26 Å². The fraction of sp³-hybridized carbons (Fsp3) is 0. The molecule has 0 bridgehead atoms. The predicted molar refractivity (Wildman–Crippen MR) is 82.4 cm³/mol. The molecule has 2 aliphatic rings. The molecule has 21 heavy (non-hydrogen) atoms. The average Bonchev–Trinajstić information content (AvgIpc) is 2.86. The van der Waals surface area contributed by atoms with Crippen LogP contribution in [0.4, 0.5) is 0 Å². The molecule has 0 spiro atoms. The van der Waals surface area contributed by atoms with Crippen molar-refractivity contribution in [1.29, 1.82) is 0 Å². The monoisotopic (exact) mass is 298 g/mol.